The molecule has 0 unspecified atom stereocenters. The van der Waals surface area contributed by atoms with E-state index in [1.807, 2.05) is 0 Å². The highest BCUT2D eigenvalue weighted by atomic mass is 16.6. The van der Waals surface area contributed by atoms with Crippen LogP contribution in [-0.2, 0) is 9.94 Å². The molecule has 0 saturated heterocycles. The summed E-state index contributed by atoms with van der Waals surface area (Å²) in [5, 5.41) is 22.4. The number of carbonyl (C=O) groups is 1. The smallest absolute Gasteiger partial charge is 0.397 e. The summed E-state index contributed by atoms with van der Waals surface area (Å²) in [4.78, 5) is 13.8. The number of rotatable bonds is 1. The van der Waals surface area contributed by atoms with Crippen LogP contribution < -0.4 is 5.32 Å². The van der Waals surface area contributed by atoms with Crippen LogP contribution in [0.25, 0.3) is 0 Å². The van der Waals surface area contributed by atoms with Crippen molar-refractivity contribution in [1.82, 2.24) is 5.32 Å². The van der Waals surface area contributed by atoms with Gasteiger partial charge in [0, 0.05) is 0 Å². The third-order valence-electron chi connectivity index (χ3n) is 0.509. The number of nitrogens with zero attached hydrogens (tertiary/aromatic N) is 2. The quantitative estimate of drug-likeness (QED) is 0.307. The molecule has 1 N–H and O–H groups in total. The van der Waals surface area contributed by atoms with Crippen molar-refractivity contribution in [2.24, 2.45) is 5.16 Å². The van der Waals surface area contributed by atoms with Crippen molar-refractivity contribution in [2.45, 2.75) is 0 Å². The highest BCUT2D eigenvalue weighted by molar-refractivity contribution is 6.04. The summed E-state index contributed by atoms with van der Waals surface area (Å²) in [5.74, 6) is -0.456. The highest BCUT2D eigenvalue weighted by Gasteiger charge is 2.02. The van der Waals surface area contributed by atoms with Crippen molar-refractivity contribution in [3.8, 4) is 6.07 Å². The molecule has 0 spiro atoms. The first kappa shape index (κ1) is 8.23. The molecule has 0 aliphatic rings. The molecule has 0 bridgehead atoms. The van der Waals surface area contributed by atoms with Crippen molar-refractivity contribution < 1.29 is 14.7 Å². The van der Waals surface area contributed by atoms with Crippen LogP contribution in [0, 0.1) is 11.3 Å². The van der Waals surface area contributed by atoms with E-state index in [1.54, 1.807) is 5.32 Å². The van der Waals surface area contributed by atoms with Crippen molar-refractivity contribution in [3.63, 3.8) is 0 Å². The fourth-order valence-electron chi connectivity index (χ4n) is 0.259. The summed E-state index contributed by atoms with van der Waals surface area (Å²) < 4.78 is 0. The van der Waals surface area contributed by atoms with Gasteiger partial charge >= 0.3 is 6.09 Å². The van der Waals surface area contributed by atoms with Crippen molar-refractivity contribution in [3.05, 3.63) is 0 Å². The number of hydrogen-bond acceptors (Lipinski definition) is 4. The van der Waals surface area contributed by atoms with E-state index in [4.69, 9.17) is 5.26 Å². The van der Waals surface area contributed by atoms with Gasteiger partial charge in [0.2, 0.25) is 0 Å². The lowest BCUT2D eigenvalue weighted by Gasteiger charge is -1.90. The topological polar surface area (TPSA) is 94.4 Å². The first-order valence-electron chi connectivity index (χ1n) is 2.20. The van der Waals surface area contributed by atoms with E-state index in [-0.39, 0.29) is 0 Å². The second-order valence-electron chi connectivity index (χ2n) is 1.15. The zero-order valence-corrected chi connectivity index (χ0v) is 5.12. The zero-order valence-electron chi connectivity index (χ0n) is 5.12. The monoisotopic (exact) mass is 142 g/mol. The number of carbonyl (C=O) groups excluding carboxylic acids is 1. The van der Waals surface area contributed by atoms with Gasteiger partial charge in [0.15, 0.2) is 0 Å². The molecule has 0 saturated carbocycles. The molecule has 53 valence electrons. The molecule has 6 heteroatoms. The molecule has 0 aromatic heterocycles. The molecule has 1 radical (unpaired) electrons. The Morgan fingerprint density at radius 3 is 2.70 bits per heavy atom. The van der Waals surface area contributed by atoms with Crippen molar-refractivity contribution >= 4 is 11.9 Å². The summed E-state index contributed by atoms with van der Waals surface area (Å²) in [7, 11) is 1.19. The molecule has 1 amide bonds. The van der Waals surface area contributed by atoms with E-state index in [0.717, 1.165) is 0 Å². The van der Waals surface area contributed by atoms with Crippen LogP contribution in [0.1, 0.15) is 0 Å². The zero-order chi connectivity index (χ0) is 7.98. The molecular weight excluding hydrogens is 138 g/mol. The lowest BCUT2D eigenvalue weighted by Crippen LogP contribution is -2.26. The Morgan fingerprint density at radius 1 is 1.80 bits per heavy atom. The van der Waals surface area contributed by atoms with Gasteiger partial charge < -0.3 is 4.84 Å². The van der Waals surface area contributed by atoms with Crippen LogP contribution in [0.4, 0.5) is 4.79 Å². The second-order valence-corrected chi connectivity index (χ2v) is 1.15. The summed E-state index contributed by atoms with van der Waals surface area (Å²) in [6.07, 6.45) is -1.60. The average molecular weight is 142 g/mol. The minimum atomic E-state index is -1.60. The van der Waals surface area contributed by atoms with Crippen LogP contribution >= 0.6 is 0 Å². The van der Waals surface area contributed by atoms with Gasteiger partial charge in [-0.05, 0) is 0 Å². The Balaban J connectivity index is 3.99. The SMILES string of the molecule is CO/N=C(\C#N)NC([O])=O. The van der Waals surface area contributed by atoms with Gasteiger partial charge in [-0.15, -0.1) is 0 Å². The molecule has 0 aromatic carbocycles. The van der Waals surface area contributed by atoms with E-state index in [2.05, 4.69) is 9.99 Å². The Morgan fingerprint density at radius 2 is 2.40 bits per heavy atom. The maximum atomic E-state index is 9.73. The first-order chi connectivity index (χ1) is 4.70. The molecule has 0 aromatic rings. The molecule has 0 fully saturated rings. The summed E-state index contributed by atoms with van der Waals surface area (Å²) in [5.41, 5.74) is 0. The molecule has 0 aliphatic carbocycles. The van der Waals surface area contributed by atoms with Gasteiger partial charge in [0.25, 0.3) is 5.84 Å². The third-order valence-corrected chi connectivity index (χ3v) is 0.509. The van der Waals surface area contributed by atoms with Crippen molar-refractivity contribution in [2.75, 3.05) is 7.11 Å². The normalized spacial score (nSPS) is 9.80. The van der Waals surface area contributed by atoms with Gasteiger partial charge in [-0.3, -0.25) is 5.32 Å². The standard InChI is InChI=1S/C4H4N3O3/c1-10-7-3(2-5)6-4(8)9/h1H3,(H,6,7). The maximum absolute atomic E-state index is 9.73. The van der Waals surface area contributed by atoms with Crippen LogP contribution in [-0.4, -0.2) is 19.0 Å². The number of hydrogen-bond donors (Lipinski definition) is 1. The first-order valence-corrected chi connectivity index (χ1v) is 2.20. The molecule has 0 aliphatic heterocycles. The van der Waals surface area contributed by atoms with Crippen LogP contribution in [0.3, 0.4) is 0 Å². The van der Waals surface area contributed by atoms with Crippen molar-refractivity contribution in [1.29, 1.82) is 5.26 Å². The minimum Gasteiger partial charge on any atom is -0.397 e. The predicted octanol–water partition coefficient (Wildman–Crippen LogP) is -0.390. The number of amides is 1. The molecule has 10 heavy (non-hydrogen) atoms. The molecule has 0 rings (SSSR count). The predicted molar refractivity (Wildman–Crippen MR) is 29.3 cm³/mol. The lowest BCUT2D eigenvalue weighted by molar-refractivity contribution is 0.173. The molecular formula is C4H4N3O3. The van der Waals surface area contributed by atoms with Gasteiger partial charge in [-0.2, -0.15) is 5.26 Å². The van der Waals surface area contributed by atoms with E-state index in [9.17, 15) is 9.90 Å². The number of nitriles is 1. The maximum Gasteiger partial charge on any atom is 0.456 e. The summed E-state index contributed by atoms with van der Waals surface area (Å²) in [6.45, 7) is 0. The largest absolute Gasteiger partial charge is 0.456 e. The van der Waals surface area contributed by atoms with E-state index >= 15 is 0 Å². The fourth-order valence-corrected chi connectivity index (χ4v) is 0.259. The molecule has 6 nitrogen and oxygen atoms in total. The Kier molecular flexibility index (Phi) is 3.41. The Hall–Kier alpha value is -1.77. The Labute approximate surface area is 56.7 Å². The van der Waals surface area contributed by atoms with E-state index in [1.165, 1.54) is 13.2 Å². The fraction of sp³-hybridized carbons (Fsp3) is 0.250. The van der Waals surface area contributed by atoms with Gasteiger partial charge in [0.05, 0.1) is 0 Å². The highest BCUT2D eigenvalue weighted by Crippen LogP contribution is 1.73. The minimum absolute atomic E-state index is 0.456. The van der Waals surface area contributed by atoms with Crippen LogP contribution in [0.5, 0.6) is 0 Å². The average Bonchev–Trinajstić information content (AvgIpc) is 1.86. The van der Waals surface area contributed by atoms with E-state index < -0.39 is 11.9 Å². The third kappa shape index (κ3) is 3.26. The van der Waals surface area contributed by atoms with Crippen LogP contribution in [0.2, 0.25) is 0 Å². The van der Waals surface area contributed by atoms with Gasteiger partial charge in [-0.25, -0.2) is 9.90 Å². The molecule has 0 heterocycles. The number of amidine groups is 1. The molecule has 0 atom stereocenters. The summed E-state index contributed by atoms with van der Waals surface area (Å²) >= 11 is 0. The van der Waals surface area contributed by atoms with Gasteiger partial charge in [0.1, 0.15) is 13.2 Å². The van der Waals surface area contributed by atoms with Crippen LogP contribution in [0.15, 0.2) is 5.16 Å². The second kappa shape index (κ2) is 4.14. The van der Waals surface area contributed by atoms with Gasteiger partial charge in [-0.1, -0.05) is 5.16 Å². The van der Waals surface area contributed by atoms with E-state index in [0.29, 0.717) is 0 Å². The summed E-state index contributed by atoms with van der Waals surface area (Å²) in [6, 6.07) is 1.43. The number of oxime groups is 1. The lowest BCUT2D eigenvalue weighted by atomic mass is 10.6. The number of nitrogens with one attached hydrogen (secondary N) is 1. The Bertz CT molecular complexity index is 192.